The lowest BCUT2D eigenvalue weighted by Gasteiger charge is -2.40. The van der Waals surface area contributed by atoms with Gasteiger partial charge in [-0.15, -0.1) is 0 Å². The average Bonchev–Trinajstić information content (AvgIpc) is 3.11. The Bertz CT molecular complexity index is 858. The van der Waals surface area contributed by atoms with Crippen molar-refractivity contribution in [3.8, 4) is 6.07 Å². The van der Waals surface area contributed by atoms with Gasteiger partial charge in [-0.3, -0.25) is 9.80 Å². The van der Waals surface area contributed by atoms with Crippen LogP contribution in [0.15, 0.2) is 60.7 Å². The molecule has 2 aliphatic rings. The van der Waals surface area contributed by atoms with Crippen LogP contribution < -0.4 is 0 Å². The van der Waals surface area contributed by atoms with Gasteiger partial charge < -0.3 is 4.74 Å². The van der Waals surface area contributed by atoms with Gasteiger partial charge in [0.1, 0.15) is 0 Å². The minimum Gasteiger partial charge on any atom is -0.371 e. The van der Waals surface area contributed by atoms with E-state index in [-0.39, 0.29) is 5.60 Å². The normalized spacial score (nSPS) is 23.4. The summed E-state index contributed by atoms with van der Waals surface area (Å²) in [5.74, 6) is 0. The molecular formula is C24H27N3O. The van der Waals surface area contributed by atoms with Crippen molar-refractivity contribution in [1.29, 1.82) is 5.26 Å². The van der Waals surface area contributed by atoms with Gasteiger partial charge in [-0.2, -0.15) is 5.26 Å². The number of morpholine rings is 1. The summed E-state index contributed by atoms with van der Waals surface area (Å²) in [7, 11) is 0. The lowest BCUT2D eigenvalue weighted by Crippen LogP contribution is -2.53. The van der Waals surface area contributed by atoms with Crippen molar-refractivity contribution in [2.45, 2.75) is 18.6 Å². The zero-order valence-electron chi connectivity index (χ0n) is 16.3. The maximum Gasteiger partial charge on any atom is 0.0995 e. The molecule has 144 valence electrons. The zero-order chi connectivity index (χ0) is 19.2. The SMILES string of the molecule is N#Cc1ccccc1CN1CCC2(CN(CC=Cc3ccccc3)CCO2)C1. The van der Waals surface area contributed by atoms with E-state index < -0.39 is 0 Å². The summed E-state index contributed by atoms with van der Waals surface area (Å²) in [6.07, 6.45) is 5.51. The molecule has 2 aromatic carbocycles. The molecule has 1 atom stereocenters. The molecule has 0 radical (unpaired) electrons. The van der Waals surface area contributed by atoms with Crippen molar-refractivity contribution in [2.24, 2.45) is 0 Å². The van der Waals surface area contributed by atoms with E-state index in [1.54, 1.807) is 0 Å². The first-order valence-electron chi connectivity index (χ1n) is 10.0. The van der Waals surface area contributed by atoms with Gasteiger partial charge in [0, 0.05) is 39.3 Å². The molecule has 28 heavy (non-hydrogen) atoms. The van der Waals surface area contributed by atoms with Crippen molar-refractivity contribution in [3.05, 3.63) is 77.4 Å². The van der Waals surface area contributed by atoms with Gasteiger partial charge in [-0.05, 0) is 23.6 Å². The number of nitrogens with zero attached hydrogens (tertiary/aromatic N) is 3. The van der Waals surface area contributed by atoms with E-state index in [0.717, 1.165) is 63.4 Å². The van der Waals surface area contributed by atoms with Crippen LogP contribution in [0.3, 0.4) is 0 Å². The minimum atomic E-state index is -0.0690. The molecule has 0 bridgehead atoms. The second kappa shape index (κ2) is 8.70. The Labute approximate surface area is 167 Å². The number of rotatable bonds is 5. The Kier molecular flexibility index (Phi) is 5.87. The monoisotopic (exact) mass is 373 g/mol. The summed E-state index contributed by atoms with van der Waals surface area (Å²) in [5, 5.41) is 9.33. The second-order valence-corrected chi connectivity index (χ2v) is 7.81. The number of ether oxygens (including phenoxy) is 1. The highest BCUT2D eigenvalue weighted by Gasteiger charge is 2.42. The van der Waals surface area contributed by atoms with E-state index in [1.165, 1.54) is 5.56 Å². The summed E-state index contributed by atoms with van der Waals surface area (Å²) in [5.41, 5.74) is 3.07. The summed E-state index contributed by atoms with van der Waals surface area (Å²) >= 11 is 0. The molecule has 2 fully saturated rings. The Morgan fingerprint density at radius 3 is 2.64 bits per heavy atom. The van der Waals surface area contributed by atoms with Crippen LogP contribution in [0.1, 0.15) is 23.1 Å². The molecule has 1 unspecified atom stereocenters. The fraction of sp³-hybridized carbons (Fsp3) is 0.375. The third-order valence-electron chi connectivity index (χ3n) is 5.73. The minimum absolute atomic E-state index is 0.0690. The average molecular weight is 374 g/mol. The lowest BCUT2D eigenvalue weighted by atomic mass is 10.0. The van der Waals surface area contributed by atoms with Crippen LogP contribution in [0.25, 0.3) is 6.08 Å². The fourth-order valence-corrected chi connectivity index (χ4v) is 4.30. The van der Waals surface area contributed by atoms with Crippen LogP contribution in [0.2, 0.25) is 0 Å². The molecule has 2 saturated heterocycles. The summed E-state index contributed by atoms with van der Waals surface area (Å²) in [6, 6.07) is 20.7. The molecule has 2 aromatic rings. The van der Waals surface area contributed by atoms with Crippen molar-refractivity contribution < 1.29 is 4.74 Å². The third-order valence-corrected chi connectivity index (χ3v) is 5.73. The molecule has 4 rings (SSSR count). The Morgan fingerprint density at radius 1 is 1.00 bits per heavy atom. The van der Waals surface area contributed by atoms with E-state index in [4.69, 9.17) is 4.74 Å². The second-order valence-electron chi connectivity index (χ2n) is 7.81. The van der Waals surface area contributed by atoms with Crippen LogP contribution in [-0.4, -0.2) is 54.7 Å². The van der Waals surface area contributed by atoms with Crippen molar-refractivity contribution in [1.82, 2.24) is 9.80 Å². The molecule has 0 amide bonds. The highest BCUT2D eigenvalue weighted by atomic mass is 16.5. The predicted molar refractivity (Wildman–Crippen MR) is 112 cm³/mol. The van der Waals surface area contributed by atoms with Gasteiger partial charge in [0.15, 0.2) is 0 Å². The molecule has 0 aromatic heterocycles. The van der Waals surface area contributed by atoms with Crippen molar-refractivity contribution >= 4 is 6.08 Å². The van der Waals surface area contributed by atoms with Crippen LogP contribution in [0, 0.1) is 11.3 Å². The summed E-state index contributed by atoms with van der Waals surface area (Å²) in [4.78, 5) is 4.93. The fourth-order valence-electron chi connectivity index (χ4n) is 4.30. The van der Waals surface area contributed by atoms with Gasteiger partial charge in [0.05, 0.1) is 23.8 Å². The molecule has 4 nitrogen and oxygen atoms in total. The molecule has 4 heteroatoms. The van der Waals surface area contributed by atoms with E-state index in [0.29, 0.717) is 0 Å². The van der Waals surface area contributed by atoms with E-state index in [2.05, 4.69) is 58.4 Å². The van der Waals surface area contributed by atoms with Crippen LogP contribution in [0.5, 0.6) is 0 Å². The molecule has 1 spiro atoms. The van der Waals surface area contributed by atoms with E-state index in [9.17, 15) is 5.26 Å². The Morgan fingerprint density at radius 2 is 1.79 bits per heavy atom. The van der Waals surface area contributed by atoms with Crippen LogP contribution in [0.4, 0.5) is 0 Å². The van der Waals surface area contributed by atoms with Crippen LogP contribution in [-0.2, 0) is 11.3 Å². The summed E-state index contributed by atoms with van der Waals surface area (Å²) in [6.45, 7) is 6.49. The quantitative estimate of drug-likeness (QED) is 0.804. The maximum absolute atomic E-state index is 9.33. The Hall–Kier alpha value is -2.45. The third kappa shape index (κ3) is 4.51. The largest absolute Gasteiger partial charge is 0.371 e. The first-order chi connectivity index (χ1) is 13.8. The number of hydrogen-bond donors (Lipinski definition) is 0. The number of benzene rings is 2. The number of likely N-dealkylation sites (tertiary alicyclic amines) is 1. The first-order valence-corrected chi connectivity index (χ1v) is 10.0. The highest BCUT2D eigenvalue weighted by Crippen LogP contribution is 2.30. The first kappa shape index (κ1) is 18.9. The molecule has 2 heterocycles. The highest BCUT2D eigenvalue weighted by molar-refractivity contribution is 5.48. The molecule has 2 aliphatic heterocycles. The van der Waals surface area contributed by atoms with Gasteiger partial charge >= 0.3 is 0 Å². The Balaban J connectivity index is 1.34. The zero-order valence-corrected chi connectivity index (χ0v) is 16.3. The topological polar surface area (TPSA) is 39.5 Å². The van der Waals surface area contributed by atoms with Gasteiger partial charge in [-0.1, -0.05) is 60.7 Å². The molecular weight excluding hydrogens is 346 g/mol. The number of nitriles is 1. The van der Waals surface area contributed by atoms with Gasteiger partial charge in [-0.25, -0.2) is 0 Å². The lowest BCUT2D eigenvalue weighted by molar-refractivity contribution is -0.0986. The van der Waals surface area contributed by atoms with E-state index in [1.807, 2.05) is 24.3 Å². The standard InChI is InChI=1S/C24H27N3O/c25-17-22-10-4-5-11-23(22)18-27-14-12-24(20-27)19-26(15-16-28-24)13-6-9-21-7-2-1-3-8-21/h1-11H,12-16,18-20H2. The smallest absolute Gasteiger partial charge is 0.0995 e. The predicted octanol–water partition coefficient (Wildman–Crippen LogP) is 3.55. The summed E-state index contributed by atoms with van der Waals surface area (Å²) < 4.78 is 6.27. The van der Waals surface area contributed by atoms with Crippen molar-refractivity contribution in [3.63, 3.8) is 0 Å². The van der Waals surface area contributed by atoms with Gasteiger partial charge in [0.25, 0.3) is 0 Å². The van der Waals surface area contributed by atoms with Gasteiger partial charge in [0.2, 0.25) is 0 Å². The van der Waals surface area contributed by atoms with E-state index >= 15 is 0 Å². The van der Waals surface area contributed by atoms with Crippen LogP contribution >= 0.6 is 0 Å². The number of hydrogen-bond acceptors (Lipinski definition) is 4. The molecule has 0 aliphatic carbocycles. The van der Waals surface area contributed by atoms with Crippen molar-refractivity contribution in [2.75, 3.05) is 39.3 Å². The maximum atomic E-state index is 9.33. The molecule has 0 saturated carbocycles. The molecule has 0 N–H and O–H groups in total.